The molecular formula is C31H36O5. The van der Waals surface area contributed by atoms with Crippen molar-refractivity contribution in [2.24, 2.45) is 5.92 Å². The summed E-state index contributed by atoms with van der Waals surface area (Å²) < 4.78 is 24.6. The van der Waals surface area contributed by atoms with E-state index in [1.54, 1.807) is 0 Å². The van der Waals surface area contributed by atoms with E-state index < -0.39 is 18.3 Å². The van der Waals surface area contributed by atoms with E-state index in [0.29, 0.717) is 19.8 Å². The quantitative estimate of drug-likeness (QED) is 0.232. The molecule has 1 aliphatic heterocycles. The fourth-order valence-corrected chi connectivity index (χ4v) is 4.41. The van der Waals surface area contributed by atoms with Gasteiger partial charge in [-0.25, -0.2) is 0 Å². The van der Waals surface area contributed by atoms with Gasteiger partial charge >= 0.3 is 0 Å². The first-order valence-corrected chi connectivity index (χ1v) is 12.5. The topological polar surface area (TPSA) is 60.5 Å². The van der Waals surface area contributed by atoms with Crippen molar-refractivity contribution in [3.05, 3.63) is 120 Å². The first kappa shape index (κ1) is 26.3. The number of epoxide rings is 1. The highest BCUT2D eigenvalue weighted by molar-refractivity contribution is 5.15. The van der Waals surface area contributed by atoms with Crippen LogP contribution in [0.1, 0.15) is 23.6 Å². The van der Waals surface area contributed by atoms with Gasteiger partial charge in [0.15, 0.2) is 0 Å². The van der Waals surface area contributed by atoms with Crippen LogP contribution in [-0.2, 0) is 38.8 Å². The maximum atomic E-state index is 11.3. The number of aliphatic hydroxyl groups is 1. The molecule has 1 fully saturated rings. The first-order valence-electron chi connectivity index (χ1n) is 12.5. The predicted octanol–water partition coefficient (Wildman–Crippen LogP) is 5.32. The molecule has 5 nitrogen and oxygen atoms in total. The lowest BCUT2D eigenvalue weighted by molar-refractivity contribution is -0.163. The zero-order valence-corrected chi connectivity index (χ0v) is 20.8. The molecule has 0 saturated carbocycles. The highest BCUT2D eigenvalue weighted by Gasteiger charge is 2.47. The van der Waals surface area contributed by atoms with E-state index in [9.17, 15) is 5.11 Å². The summed E-state index contributed by atoms with van der Waals surface area (Å²) in [4.78, 5) is 0. The van der Waals surface area contributed by atoms with Crippen molar-refractivity contribution in [1.82, 2.24) is 0 Å². The van der Waals surface area contributed by atoms with Crippen LogP contribution >= 0.6 is 0 Å². The van der Waals surface area contributed by atoms with Gasteiger partial charge < -0.3 is 24.1 Å². The van der Waals surface area contributed by atoms with E-state index >= 15 is 0 Å². The fourth-order valence-electron chi connectivity index (χ4n) is 4.41. The standard InChI is InChI=1S/C31H36O5/c1-3-28-29(36-28)23(2)30(34-20-25-15-9-5-10-16-25)31(35-21-26-17-11-6-12-18-26)27(32)22-33-19-24-13-7-4-8-14-24/h3-18,23,27-32H,1,19-22H2,2H3/t23-,27-,28-,29-,30+,31-/m1/s1. The molecule has 0 aliphatic carbocycles. The summed E-state index contributed by atoms with van der Waals surface area (Å²) in [6.07, 6.45) is -0.142. The van der Waals surface area contributed by atoms with Crippen LogP contribution in [0.3, 0.4) is 0 Å². The molecule has 36 heavy (non-hydrogen) atoms. The van der Waals surface area contributed by atoms with Gasteiger partial charge in [0.05, 0.1) is 38.6 Å². The zero-order chi connectivity index (χ0) is 25.2. The summed E-state index contributed by atoms with van der Waals surface area (Å²) >= 11 is 0. The molecule has 0 amide bonds. The van der Waals surface area contributed by atoms with Crippen molar-refractivity contribution in [1.29, 1.82) is 0 Å². The van der Waals surface area contributed by atoms with E-state index in [1.165, 1.54) is 0 Å². The van der Waals surface area contributed by atoms with Crippen LogP contribution in [0.5, 0.6) is 0 Å². The molecular weight excluding hydrogens is 452 g/mol. The molecule has 3 aromatic carbocycles. The van der Waals surface area contributed by atoms with Crippen molar-refractivity contribution < 1.29 is 24.1 Å². The van der Waals surface area contributed by atoms with E-state index in [-0.39, 0.29) is 24.7 Å². The Morgan fingerprint density at radius 1 is 0.778 bits per heavy atom. The van der Waals surface area contributed by atoms with Crippen LogP contribution in [-0.4, -0.2) is 42.2 Å². The summed E-state index contributed by atoms with van der Waals surface area (Å²) in [6, 6.07) is 29.9. The van der Waals surface area contributed by atoms with Gasteiger partial charge in [-0.2, -0.15) is 0 Å². The van der Waals surface area contributed by atoms with Gasteiger partial charge in [0.25, 0.3) is 0 Å². The number of benzene rings is 3. The Bertz CT molecular complexity index is 1030. The average molecular weight is 489 g/mol. The first-order chi connectivity index (χ1) is 17.7. The molecule has 3 aromatic rings. The van der Waals surface area contributed by atoms with Crippen molar-refractivity contribution in [3.8, 4) is 0 Å². The number of hydrogen-bond donors (Lipinski definition) is 1. The van der Waals surface area contributed by atoms with Crippen LogP contribution in [0.2, 0.25) is 0 Å². The molecule has 1 aliphatic rings. The van der Waals surface area contributed by atoms with Gasteiger partial charge in [-0.1, -0.05) is 104 Å². The summed E-state index contributed by atoms with van der Waals surface area (Å²) in [7, 11) is 0. The molecule has 5 heteroatoms. The van der Waals surface area contributed by atoms with Gasteiger partial charge in [0.2, 0.25) is 0 Å². The van der Waals surface area contributed by atoms with E-state index in [2.05, 4.69) is 13.5 Å². The smallest absolute Gasteiger partial charge is 0.113 e. The molecule has 0 radical (unpaired) electrons. The Labute approximate surface area is 214 Å². The van der Waals surface area contributed by atoms with Gasteiger partial charge in [0, 0.05) is 5.92 Å². The zero-order valence-electron chi connectivity index (χ0n) is 20.8. The molecule has 6 atom stereocenters. The number of ether oxygens (including phenoxy) is 4. The average Bonchev–Trinajstić information content (AvgIpc) is 3.72. The minimum Gasteiger partial charge on any atom is -0.388 e. The maximum Gasteiger partial charge on any atom is 0.113 e. The SMILES string of the molecule is C=C[C@H]1O[C@@H]1[C@@H](C)[C@H](OCc1ccccc1)[C@H](OCc1ccccc1)[C@H](O)COCc1ccccc1. The van der Waals surface area contributed by atoms with E-state index in [4.69, 9.17) is 18.9 Å². The minimum absolute atomic E-state index is 0.0101. The minimum atomic E-state index is -0.887. The molecule has 0 spiro atoms. The third-order valence-corrected chi connectivity index (χ3v) is 6.50. The molecule has 1 N–H and O–H groups in total. The summed E-state index contributed by atoms with van der Waals surface area (Å²) in [6.45, 7) is 7.26. The molecule has 0 aromatic heterocycles. The Morgan fingerprint density at radius 3 is 1.72 bits per heavy atom. The van der Waals surface area contributed by atoms with Gasteiger partial charge in [-0.3, -0.25) is 0 Å². The summed E-state index contributed by atoms with van der Waals surface area (Å²) in [5, 5.41) is 11.3. The van der Waals surface area contributed by atoms with Crippen LogP contribution in [0, 0.1) is 5.92 Å². The Kier molecular flexibility index (Phi) is 9.84. The maximum absolute atomic E-state index is 11.3. The number of rotatable bonds is 15. The third kappa shape index (κ3) is 7.60. The number of hydrogen-bond acceptors (Lipinski definition) is 5. The van der Waals surface area contributed by atoms with Crippen LogP contribution in [0.4, 0.5) is 0 Å². The lowest BCUT2D eigenvalue weighted by atomic mass is 9.91. The highest BCUT2D eigenvalue weighted by atomic mass is 16.6. The Hall–Kier alpha value is -2.80. The van der Waals surface area contributed by atoms with Crippen LogP contribution < -0.4 is 0 Å². The monoisotopic (exact) mass is 488 g/mol. The molecule has 4 rings (SSSR count). The lowest BCUT2D eigenvalue weighted by Crippen LogP contribution is -2.48. The van der Waals surface area contributed by atoms with Gasteiger partial charge in [0.1, 0.15) is 18.3 Å². The molecule has 1 saturated heterocycles. The van der Waals surface area contributed by atoms with Gasteiger partial charge in [-0.15, -0.1) is 6.58 Å². The predicted molar refractivity (Wildman–Crippen MR) is 140 cm³/mol. The number of aliphatic hydroxyl groups excluding tert-OH is 1. The van der Waals surface area contributed by atoms with Gasteiger partial charge in [-0.05, 0) is 16.7 Å². The molecule has 0 bridgehead atoms. The molecule has 0 unspecified atom stereocenters. The van der Waals surface area contributed by atoms with E-state index in [0.717, 1.165) is 16.7 Å². The summed E-state index contributed by atoms with van der Waals surface area (Å²) in [5.74, 6) is -0.0266. The Balaban J connectivity index is 1.49. The third-order valence-electron chi connectivity index (χ3n) is 6.50. The second kappa shape index (κ2) is 13.5. The van der Waals surface area contributed by atoms with Crippen LogP contribution in [0.25, 0.3) is 0 Å². The highest BCUT2D eigenvalue weighted by Crippen LogP contribution is 2.35. The fraction of sp³-hybridized carbons (Fsp3) is 0.355. The second-order valence-corrected chi connectivity index (χ2v) is 9.25. The second-order valence-electron chi connectivity index (χ2n) is 9.25. The van der Waals surface area contributed by atoms with E-state index in [1.807, 2.05) is 97.1 Å². The lowest BCUT2D eigenvalue weighted by Gasteiger charge is -2.34. The van der Waals surface area contributed by atoms with Crippen molar-refractivity contribution in [2.45, 2.75) is 57.3 Å². The largest absolute Gasteiger partial charge is 0.388 e. The van der Waals surface area contributed by atoms with Crippen molar-refractivity contribution in [2.75, 3.05) is 6.61 Å². The molecule has 190 valence electrons. The Morgan fingerprint density at radius 2 is 1.25 bits per heavy atom. The summed E-state index contributed by atoms with van der Waals surface area (Å²) in [5.41, 5.74) is 3.14. The molecule has 1 heterocycles. The normalized spacial score (nSPS) is 20.3. The van der Waals surface area contributed by atoms with Crippen molar-refractivity contribution >= 4 is 0 Å². The van der Waals surface area contributed by atoms with Crippen molar-refractivity contribution in [3.63, 3.8) is 0 Å². The van der Waals surface area contributed by atoms with Crippen LogP contribution in [0.15, 0.2) is 104 Å².